The number of H-pyrrole nitrogens is 2. The van der Waals surface area contributed by atoms with Crippen molar-refractivity contribution in [2.75, 3.05) is 13.1 Å². The summed E-state index contributed by atoms with van der Waals surface area (Å²) < 4.78 is 0. The maximum atomic E-state index is 12.2. The zero-order valence-electron chi connectivity index (χ0n) is 15.7. The van der Waals surface area contributed by atoms with Gasteiger partial charge in [-0.2, -0.15) is 0 Å². The Morgan fingerprint density at radius 1 is 1.19 bits per heavy atom. The standard InChI is InChI=1S/C20H24N6O/c1-13-3-4-16(10-21-13)20-24-17(9-19(27)25-20)15-5-7-26(8-6-15)11-18-14(2)22-12-23-18/h3-4,9-10,12,15H,5-8,11H2,1-2H3,(H,22,23)(H,24,25,27). The molecule has 0 atom stereocenters. The lowest BCUT2D eigenvalue weighted by Gasteiger charge is -2.31. The molecule has 27 heavy (non-hydrogen) atoms. The Hall–Kier alpha value is -2.80. The van der Waals surface area contributed by atoms with Gasteiger partial charge in [-0.3, -0.25) is 14.7 Å². The molecule has 0 aromatic carbocycles. The monoisotopic (exact) mass is 364 g/mol. The molecule has 0 unspecified atom stereocenters. The second-order valence-electron chi connectivity index (χ2n) is 7.23. The molecule has 3 aromatic rings. The summed E-state index contributed by atoms with van der Waals surface area (Å²) in [6, 6.07) is 5.51. The summed E-state index contributed by atoms with van der Waals surface area (Å²) in [5.41, 5.74) is 4.79. The highest BCUT2D eigenvalue weighted by Gasteiger charge is 2.23. The van der Waals surface area contributed by atoms with Crippen molar-refractivity contribution < 1.29 is 0 Å². The van der Waals surface area contributed by atoms with E-state index in [9.17, 15) is 4.79 Å². The normalized spacial score (nSPS) is 15.9. The number of pyridine rings is 1. The van der Waals surface area contributed by atoms with E-state index >= 15 is 0 Å². The van der Waals surface area contributed by atoms with Gasteiger partial charge in [-0.1, -0.05) is 0 Å². The van der Waals surface area contributed by atoms with Crippen LogP contribution in [0.4, 0.5) is 0 Å². The third-order valence-electron chi connectivity index (χ3n) is 5.26. The van der Waals surface area contributed by atoms with Gasteiger partial charge in [-0.25, -0.2) is 9.97 Å². The van der Waals surface area contributed by atoms with E-state index in [1.54, 1.807) is 18.6 Å². The van der Waals surface area contributed by atoms with Gasteiger partial charge in [0.05, 0.1) is 17.7 Å². The van der Waals surface area contributed by atoms with Crippen LogP contribution in [0.3, 0.4) is 0 Å². The number of hydrogen-bond donors (Lipinski definition) is 2. The molecular formula is C20H24N6O. The minimum atomic E-state index is -0.106. The maximum Gasteiger partial charge on any atom is 0.251 e. The van der Waals surface area contributed by atoms with Crippen LogP contribution in [0.15, 0.2) is 35.5 Å². The molecule has 0 aliphatic carbocycles. The van der Waals surface area contributed by atoms with Crippen LogP contribution in [-0.4, -0.2) is 42.9 Å². The highest BCUT2D eigenvalue weighted by Crippen LogP contribution is 2.27. The molecule has 1 saturated heterocycles. The molecule has 7 nitrogen and oxygen atoms in total. The number of nitrogens with one attached hydrogen (secondary N) is 2. The molecule has 4 heterocycles. The molecule has 3 aromatic heterocycles. The zero-order valence-corrected chi connectivity index (χ0v) is 15.7. The van der Waals surface area contributed by atoms with Crippen LogP contribution >= 0.6 is 0 Å². The van der Waals surface area contributed by atoms with E-state index in [1.165, 1.54) is 0 Å². The molecule has 1 aliphatic rings. The van der Waals surface area contributed by atoms with E-state index in [-0.39, 0.29) is 5.56 Å². The quantitative estimate of drug-likeness (QED) is 0.742. The third kappa shape index (κ3) is 3.98. The molecule has 1 fully saturated rings. The first-order valence-electron chi connectivity index (χ1n) is 9.34. The van der Waals surface area contributed by atoms with Gasteiger partial charge in [0.2, 0.25) is 0 Å². The second kappa shape index (κ2) is 7.44. The van der Waals surface area contributed by atoms with E-state index in [0.717, 1.165) is 60.8 Å². The van der Waals surface area contributed by atoms with Gasteiger partial charge < -0.3 is 9.97 Å². The Bertz CT molecular complexity index is 967. The fraction of sp³-hybridized carbons (Fsp3) is 0.400. The topological polar surface area (TPSA) is 90.6 Å². The predicted octanol–water partition coefficient (Wildman–Crippen LogP) is 2.55. The Balaban J connectivity index is 1.47. The van der Waals surface area contributed by atoms with Crippen molar-refractivity contribution in [3.63, 3.8) is 0 Å². The lowest BCUT2D eigenvalue weighted by molar-refractivity contribution is 0.201. The van der Waals surface area contributed by atoms with Gasteiger partial charge in [0.15, 0.2) is 0 Å². The summed E-state index contributed by atoms with van der Waals surface area (Å²) in [5.74, 6) is 0.903. The van der Waals surface area contributed by atoms with Crippen molar-refractivity contribution in [3.8, 4) is 11.4 Å². The number of nitrogens with zero attached hydrogens (tertiary/aromatic N) is 4. The Labute approximate surface area is 157 Å². The average Bonchev–Trinajstić information content (AvgIpc) is 3.07. The van der Waals surface area contributed by atoms with Gasteiger partial charge in [0, 0.05) is 41.7 Å². The molecule has 0 saturated carbocycles. The number of aromatic amines is 2. The summed E-state index contributed by atoms with van der Waals surface area (Å²) in [5, 5.41) is 0. The highest BCUT2D eigenvalue weighted by atomic mass is 16.1. The summed E-state index contributed by atoms with van der Waals surface area (Å²) in [4.78, 5) is 34.0. The first-order valence-corrected chi connectivity index (χ1v) is 9.34. The second-order valence-corrected chi connectivity index (χ2v) is 7.23. The molecule has 0 radical (unpaired) electrons. The van der Waals surface area contributed by atoms with Gasteiger partial charge >= 0.3 is 0 Å². The number of hydrogen-bond acceptors (Lipinski definition) is 5. The summed E-state index contributed by atoms with van der Waals surface area (Å²) in [7, 11) is 0. The summed E-state index contributed by atoms with van der Waals surface area (Å²) in [6.45, 7) is 6.82. The smallest absolute Gasteiger partial charge is 0.251 e. The fourth-order valence-corrected chi connectivity index (χ4v) is 3.58. The molecule has 4 rings (SSSR count). The molecule has 7 heteroatoms. The predicted molar refractivity (Wildman–Crippen MR) is 103 cm³/mol. The molecular weight excluding hydrogens is 340 g/mol. The van der Waals surface area contributed by atoms with Crippen LogP contribution in [0.25, 0.3) is 11.4 Å². The van der Waals surface area contributed by atoms with Crippen molar-refractivity contribution in [1.29, 1.82) is 0 Å². The van der Waals surface area contributed by atoms with E-state index in [1.807, 2.05) is 19.1 Å². The molecule has 2 N–H and O–H groups in total. The van der Waals surface area contributed by atoms with Crippen LogP contribution in [0.2, 0.25) is 0 Å². The SMILES string of the molecule is Cc1ccc(-c2nc(C3CCN(Cc4nc[nH]c4C)CC3)cc(=O)[nH]2)cn1. The average molecular weight is 364 g/mol. The van der Waals surface area contributed by atoms with Gasteiger partial charge in [-0.15, -0.1) is 0 Å². The minimum absolute atomic E-state index is 0.106. The van der Waals surface area contributed by atoms with Crippen LogP contribution in [0, 0.1) is 13.8 Å². The first kappa shape index (κ1) is 17.6. The molecule has 0 spiro atoms. The molecule has 140 valence electrons. The van der Waals surface area contributed by atoms with Crippen LogP contribution in [0.5, 0.6) is 0 Å². The van der Waals surface area contributed by atoms with E-state index in [2.05, 4.69) is 31.8 Å². The zero-order chi connectivity index (χ0) is 18.8. The van der Waals surface area contributed by atoms with E-state index in [0.29, 0.717) is 11.7 Å². The number of piperidine rings is 1. The van der Waals surface area contributed by atoms with Crippen molar-refractivity contribution >= 4 is 0 Å². The Kier molecular flexibility index (Phi) is 4.85. The van der Waals surface area contributed by atoms with Crippen LogP contribution in [0.1, 0.15) is 41.5 Å². The summed E-state index contributed by atoms with van der Waals surface area (Å²) >= 11 is 0. The summed E-state index contributed by atoms with van der Waals surface area (Å²) in [6.07, 6.45) is 5.49. The number of aryl methyl sites for hydroxylation is 2. The number of imidazole rings is 1. The maximum absolute atomic E-state index is 12.2. The lowest BCUT2D eigenvalue weighted by atomic mass is 9.93. The van der Waals surface area contributed by atoms with E-state index < -0.39 is 0 Å². The number of rotatable bonds is 4. The third-order valence-corrected chi connectivity index (χ3v) is 5.26. The number of likely N-dealkylation sites (tertiary alicyclic amines) is 1. The Morgan fingerprint density at radius 2 is 2.00 bits per heavy atom. The Morgan fingerprint density at radius 3 is 2.67 bits per heavy atom. The largest absolute Gasteiger partial charge is 0.348 e. The lowest BCUT2D eigenvalue weighted by Crippen LogP contribution is -2.33. The highest BCUT2D eigenvalue weighted by molar-refractivity contribution is 5.53. The van der Waals surface area contributed by atoms with Gasteiger partial charge in [0.1, 0.15) is 5.82 Å². The number of aromatic nitrogens is 5. The molecule has 1 aliphatic heterocycles. The van der Waals surface area contributed by atoms with Crippen molar-refractivity contribution in [1.82, 2.24) is 29.8 Å². The van der Waals surface area contributed by atoms with Crippen molar-refractivity contribution in [2.45, 2.75) is 39.2 Å². The van der Waals surface area contributed by atoms with Crippen molar-refractivity contribution in [3.05, 3.63) is 63.9 Å². The molecule has 0 bridgehead atoms. The first-order chi connectivity index (χ1) is 13.1. The molecule has 0 amide bonds. The van der Waals surface area contributed by atoms with Crippen molar-refractivity contribution in [2.24, 2.45) is 0 Å². The van der Waals surface area contributed by atoms with E-state index in [4.69, 9.17) is 4.98 Å². The van der Waals surface area contributed by atoms with Gasteiger partial charge in [-0.05, 0) is 51.9 Å². The van der Waals surface area contributed by atoms with Crippen LogP contribution < -0.4 is 5.56 Å². The minimum Gasteiger partial charge on any atom is -0.348 e. The fourth-order valence-electron chi connectivity index (χ4n) is 3.58. The van der Waals surface area contributed by atoms with Crippen LogP contribution in [-0.2, 0) is 6.54 Å². The van der Waals surface area contributed by atoms with Gasteiger partial charge in [0.25, 0.3) is 5.56 Å².